The zero-order chi connectivity index (χ0) is 13.4. The predicted molar refractivity (Wildman–Crippen MR) is 70.5 cm³/mol. The van der Waals surface area contributed by atoms with E-state index < -0.39 is 0 Å². The van der Waals surface area contributed by atoms with Gasteiger partial charge >= 0.3 is 6.03 Å². The Balaban J connectivity index is 2.20. The Hall–Kier alpha value is -0.810. The minimum Gasteiger partial charge on any atom is -0.392 e. The van der Waals surface area contributed by atoms with Gasteiger partial charge < -0.3 is 20.5 Å². The molecule has 18 heavy (non-hydrogen) atoms. The summed E-state index contributed by atoms with van der Waals surface area (Å²) < 4.78 is 4.90. The highest BCUT2D eigenvalue weighted by atomic mass is 16.5. The van der Waals surface area contributed by atoms with E-state index in [1.807, 2.05) is 6.92 Å². The van der Waals surface area contributed by atoms with Crippen molar-refractivity contribution in [2.24, 2.45) is 5.41 Å². The highest BCUT2D eigenvalue weighted by molar-refractivity contribution is 5.73. The fourth-order valence-electron chi connectivity index (χ4n) is 2.35. The summed E-state index contributed by atoms with van der Waals surface area (Å²) in [7, 11) is 1.64. The van der Waals surface area contributed by atoms with Crippen LogP contribution in [0.1, 0.15) is 39.0 Å². The summed E-state index contributed by atoms with van der Waals surface area (Å²) in [6.45, 7) is 3.84. The molecule has 0 aromatic carbocycles. The van der Waals surface area contributed by atoms with Crippen molar-refractivity contribution in [1.29, 1.82) is 0 Å². The average molecular weight is 258 g/mol. The zero-order valence-corrected chi connectivity index (χ0v) is 11.5. The minimum atomic E-state index is -0.306. The second-order valence-electron chi connectivity index (χ2n) is 5.37. The van der Waals surface area contributed by atoms with Gasteiger partial charge in [0.2, 0.25) is 0 Å². The van der Waals surface area contributed by atoms with Crippen LogP contribution in [-0.2, 0) is 4.74 Å². The lowest BCUT2D eigenvalue weighted by atomic mass is 9.73. The molecule has 1 aliphatic carbocycles. The van der Waals surface area contributed by atoms with Crippen LogP contribution in [-0.4, -0.2) is 44.0 Å². The van der Waals surface area contributed by atoms with Gasteiger partial charge in [0, 0.05) is 32.2 Å². The SMILES string of the molecule is COCCCNC(=O)NCC1(C)CCCCC1O. The first-order chi connectivity index (χ1) is 8.58. The smallest absolute Gasteiger partial charge is 0.314 e. The number of ether oxygens (including phenoxy) is 1. The molecule has 2 amide bonds. The first kappa shape index (κ1) is 15.2. The summed E-state index contributed by atoms with van der Waals surface area (Å²) in [6.07, 6.45) is 4.53. The molecule has 0 saturated heterocycles. The van der Waals surface area contributed by atoms with E-state index in [0.29, 0.717) is 19.7 Å². The summed E-state index contributed by atoms with van der Waals surface area (Å²) in [6, 6.07) is -0.162. The molecule has 106 valence electrons. The molecule has 0 heterocycles. The monoisotopic (exact) mass is 258 g/mol. The van der Waals surface area contributed by atoms with E-state index in [-0.39, 0.29) is 17.6 Å². The maximum atomic E-state index is 11.6. The maximum Gasteiger partial charge on any atom is 0.314 e. The Bertz CT molecular complexity index is 261. The number of urea groups is 1. The fraction of sp³-hybridized carbons (Fsp3) is 0.923. The number of hydrogen-bond acceptors (Lipinski definition) is 3. The third-order valence-electron chi connectivity index (χ3n) is 3.74. The van der Waals surface area contributed by atoms with Gasteiger partial charge in [0.15, 0.2) is 0 Å². The molecule has 0 spiro atoms. The third kappa shape index (κ3) is 4.82. The van der Waals surface area contributed by atoms with E-state index in [1.165, 1.54) is 0 Å². The van der Waals surface area contributed by atoms with Crippen molar-refractivity contribution in [3.63, 3.8) is 0 Å². The topological polar surface area (TPSA) is 70.6 Å². The van der Waals surface area contributed by atoms with Crippen LogP contribution in [0.25, 0.3) is 0 Å². The molecule has 2 atom stereocenters. The number of rotatable bonds is 6. The summed E-state index contributed by atoms with van der Waals surface area (Å²) in [5, 5.41) is 15.6. The van der Waals surface area contributed by atoms with Crippen molar-refractivity contribution in [3.05, 3.63) is 0 Å². The first-order valence-electron chi connectivity index (χ1n) is 6.77. The Morgan fingerprint density at radius 1 is 1.44 bits per heavy atom. The maximum absolute atomic E-state index is 11.6. The van der Waals surface area contributed by atoms with E-state index in [4.69, 9.17) is 4.74 Å². The first-order valence-corrected chi connectivity index (χ1v) is 6.77. The third-order valence-corrected chi connectivity index (χ3v) is 3.74. The van der Waals surface area contributed by atoms with Crippen molar-refractivity contribution >= 4 is 6.03 Å². The lowest BCUT2D eigenvalue weighted by Crippen LogP contribution is -2.47. The molecular weight excluding hydrogens is 232 g/mol. The van der Waals surface area contributed by atoms with Gasteiger partial charge in [0.1, 0.15) is 0 Å². The predicted octanol–water partition coefficient (Wildman–Crippen LogP) is 1.26. The highest BCUT2D eigenvalue weighted by Crippen LogP contribution is 2.35. The van der Waals surface area contributed by atoms with Crippen molar-refractivity contribution < 1.29 is 14.6 Å². The number of amides is 2. The van der Waals surface area contributed by atoms with Crippen molar-refractivity contribution in [2.75, 3.05) is 26.8 Å². The summed E-state index contributed by atoms with van der Waals surface area (Å²) in [5.74, 6) is 0. The highest BCUT2D eigenvalue weighted by Gasteiger charge is 2.35. The van der Waals surface area contributed by atoms with E-state index in [9.17, 15) is 9.90 Å². The second kappa shape index (κ2) is 7.59. The number of aliphatic hydroxyl groups excluding tert-OH is 1. The molecule has 2 unspecified atom stereocenters. The molecule has 1 saturated carbocycles. The van der Waals surface area contributed by atoms with Gasteiger partial charge in [-0.05, 0) is 19.3 Å². The quantitative estimate of drug-likeness (QED) is 0.628. The Morgan fingerprint density at radius 3 is 2.89 bits per heavy atom. The fourth-order valence-corrected chi connectivity index (χ4v) is 2.35. The standard InChI is InChI=1S/C13H26N2O3/c1-13(7-4-3-6-11(13)16)10-15-12(17)14-8-5-9-18-2/h11,16H,3-10H2,1-2H3,(H2,14,15,17). The number of aliphatic hydroxyl groups is 1. The summed E-state index contributed by atoms with van der Waals surface area (Å²) in [4.78, 5) is 11.6. The molecule has 0 aromatic rings. The lowest BCUT2D eigenvalue weighted by Gasteiger charge is -2.38. The van der Waals surface area contributed by atoms with E-state index in [2.05, 4.69) is 10.6 Å². The van der Waals surface area contributed by atoms with Crippen LogP contribution in [0, 0.1) is 5.41 Å². The number of hydrogen-bond donors (Lipinski definition) is 3. The molecule has 3 N–H and O–H groups in total. The van der Waals surface area contributed by atoms with Gasteiger partial charge in [-0.25, -0.2) is 4.79 Å². The Kier molecular flexibility index (Phi) is 6.43. The molecule has 1 aliphatic rings. The number of nitrogens with one attached hydrogen (secondary N) is 2. The van der Waals surface area contributed by atoms with Gasteiger partial charge in [-0.2, -0.15) is 0 Å². The summed E-state index contributed by atoms with van der Waals surface area (Å²) in [5.41, 5.74) is -0.178. The van der Waals surface area contributed by atoms with Gasteiger partial charge in [-0.1, -0.05) is 19.8 Å². The van der Waals surface area contributed by atoms with Crippen LogP contribution < -0.4 is 10.6 Å². The molecule has 0 aliphatic heterocycles. The van der Waals surface area contributed by atoms with Crippen LogP contribution in [0.3, 0.4) is 0 Å². The van der Waals surface area contributed by atoms with Crippen LogP contribution in [0.15, 0.2) is 0 Å². The molecule has 5 heteroatoms. The molecular formula is C13H26N2O3. The molecule has 1 fully saturated rings. The van der Waals surface area contributed by atoms with Gasteiger partial charge in [0.25, 0.3) is 0 Å². The lowest BCUT2D eigenvalue weighted by molar-refractivity contribution is 0.00309. The minimum absolute atomic E-state index is 0.162. The molecule has 0 radical (unpaired) electrons. The number of carbonyl (C=O) groups excluding carboxylic acids is 1. The van der Waals surface area contributed by atoms with Crippen molar-refractivity contribution in [3.8, 4) is 0 Å². The average Bonchev–Trinajstić information content (AvgIpc) is 2.36. The Morgan fingerprint density at radius 2 is 2.22 bits per heavy atom. The summed E-state index contributed by atoms with van der Waals surface area (Å²) >= 11 is 0. The van der Waals surface area contributed by atoms with Crippen LogP contribution in [0.4, 0.5) is 4.79 Å². The normalized spacial score (nSPS) is 27.8. The van der Waals surface area contributed by atoms with Crippen LogP contribution in [0.5, 0.6) is 0 Å². The van der Waals surface area contributed by atoms with E-state index in [1.54, 1.807) is 7.11 Å². The van der Waals surface area contributed by atoms with Crippen LogP contribution >= 0.6 is 0 Å². The zero-order valence-electron chi connectivity index (χ0n) is 11.5. The van der Waals surface area contributed by atoms with Gasteiger partial charge in [-0.15, -0.1) is 0 Å². The van der Waals surface area contributed by atoms with Crippen LogP contribution in [0.2, 0.25) is 0 Å². The van der Waals surface area contributed by atoms with Gasteiger partial charge in [0.05, 0.1) is 6.10 Å². The van der Waals surface area contributed by atoms with Crippen molar-refractivity contribution in [1.82, 2.24) is 10.6 Å². The molecule has 5 nitrogen and oxygen atoms in total. The number of carbonyl (C=O) groups is 1. The Labute approximate surface area is 109 Å². The largest absolute Gasteiger partial charge is 0.392 e. The van der Waals surface area contributed by atoms with Crippen molar-refractivity contribution in [2.45, 2.75) is 45.1 Å². The van der Waals surface area contributed by atoms with E-state index in [0.717, 1.165) is 32.1 Å². The molecule has 0 bridgehead atoms. The van der Waals surface area contributed by atoms with Gasteiger partial charge in [-0.3, -0.25) is 0 Å². The molecule has 1 rings (SSSR count). The number of methoxy groups -OCH3 is 1. The van der Waals surface area contributed by atoms with E-state index >= 15 is 0 Å². The molecule has 0 aromatic heterocycles. The second-order valence-corrected chi connectivity index (χ2v) is 5.37.